The molecule has 3 heterocycles. The van der Waals surface area contributed by atoms with Crippen LogP contribution in [-0.2, 0) is 6.42 Å². The third-order valence-electron chi connectivity index (χ3n) is 4.54. The Bertz CT molecular complexity index is 602. The van der Waals surface area contributed by atoms with E-state index in [4.69, 9.17) is 0 Å². The summed E-state index contributed by atoms with van der Waals surface area (Å²) in [6.45, 7) is 3.59. The number of hydrogen-bond donors (Lipinski definition) is 2. The average molecular weight is 242 g/mol. The Balaban J connectivity index is 1.94. The number of aromatic hydroxyl groups is 1. The number of H-pyrrole nitrogens is 1. The highest BCUT2D eigenvalue weighted by Gasteiger charge is 2.29. The van der Waals surface area contributed by atoms with Crippen LogP contribution in [0.1, 0.15) is 30.0 Å². The van der Waals surface area contributed by atoms with Gasteiger partial charge in [-0.15, -0.1) is 0 Å². The summed E-state index contributed by atoms with van der Waals surface area (Å²) in [5, 5.41) is 11.2. The molecule has 2 aliphatic heterocycles. The Morgan fingerprint density at radius 1 is 1.28 bits per heavy atom. The predicted octanol–water partition coefficient (Wildman–Crippen LogP) is 2.61. The van der Waals surface area contributed by atoms with E-state index in [9.17, 15) is 5.11 Å². The number of fused-ring (bicyclic) bond motifs is 6. The van der Waals surface area contributed by atoms with Crippen LogP contribution in [0.25, 0.3) is 10.9 Å². The average Bonchev–Trinajstić information content (AvgIpc) is 2.72. The van der Waals surface area contributed by atoms with Crippen LogP contribution in [0.3, 0.4) is 0 Å². The Morgan fingerprint density at radius 2 is 2.22 bits per heavy atom. The van der Waals surface area contributed by atoms with E-state index in [1.807, 2.05) is 6.07 Å². The van der Waals surface area contributed by atoms with Crippen LogP contribution in [0.15, 0.2) is 18.2 Å². The van der Waals surface area contributed by atoms with Crippen LogP contribution < -0.4 is 0 Å². The number of hydrogen-bond acceptors (Lipinski definition) is 2. The third-order valence-corrected chi connectivity index (χ3v) is 4.54. The van der Waals surface area contributed by atoms with Crippen LogP contribution in [0.5, 0.6) is 5.75 Å². The number of phenols is 1. The van der Waals surface area contributed by atoms with Crippen LogP contribution >= 0.6 is 0 Å². The summed E-state index contributed by atoms with van der Waals surface area (Å²) in [6.07, 6.45) is 3.68. The van der Waals surface area contributed by atoms with Gasteiger partial charge in [0.1, 0.15) is 5.75 Å². The molecular formula is C15H18N2O. The van der Waals surface area contributed by atoms with Gasteiger partial charge in [0, 0.05) is 30.1 Å². The van der Waals surface area contributed by atoms with Gasteiger partial charge in [0.05, 0.1) is 5.52 Å². The molecule has 1 saturated heterocycles. The van der Waals surface area contributed by atoms with Gasteiger partial charge in [-0.2, -0.15) is 0 Å². The van der Waals surface area contributed by atoms with Gasteiger partial charge in [0.25, 0.3) is 0 Å². The van der Waals surface area contributed by atoms with Gasteiger partial charge in [0.15, 0.2) is 0 Å². The molecule has 1 aromatic carbocycles. The van der Waals surface area contributed by atoms with Gasteiger partial charge in [-0.05, 0) is 37.4 Å². The molecule has 0 amide bonds. The van der Waals surface area contributed by atoms with Crippen molar-refractivity contribution in [3.63, 3.8) is 0 Å². The predicted molar refractivity (Wildman–Crippen MR) is 72.1 cm³/mol. The van der Waals surface area contributed by atoms with E-state index >= 15 is 0 Å². The minimum atomic E-state index is 0.383. The highest BCUT2D eigenvalue weighted by Crippen LogP contribution is 2.38. The maximum absolute atomic E-state index is 9.97. The van der Waals surface area contributed by atoms with Gasteiger partial charge < -0.3 is 15.0 Å². The number of phenolic OH excluding ortho intramolecular Hbond substituents is 1. The molecule has 94 valence electrons. The molecule has 2 aromatic rings. The molecule has 1 aromatic heterocycles. The molecule has 0 radical (unpaired) electrons. The fourth-order valence-electron chi connectivity index (χ4n) is 3.66. The summed E-state index contributed by atoms with van der Waals surface area (Å²) in [5.41, 5.74) is 3.76. The highest BCUT2D eigenvalue weighted by molar-refractivity contribution is 5.89. The molecule has 18 heavy (non-hydrogen) atoms. The zero-order valence-electron chi connectivity index (χ0n) is 10.4. The molecule has 2 atom stereocenters. The van der Waals surface area contributed by atoms with Gasteiger partial charge >= 0.3 is 0 Å². The number of nitrogens with zero attached hydrogens (tertiary/aromatic N) is 1. The molecule has 3 heteroatoms. The smallest absolute Gasteiger partial charge is 0.139 e. The van der Waals surface area contributed by atoms with Gasteiger partial charge in [-0.3, -0.25) is 0 Å². The van der Waals surface area contributed by atoms with Crippen LogP contribution in [0.2, 0.25) is 0 Å². The molecule has 0 saturated carbocycles. The lowest BCUT2D eigenvalue weighted by Gasteiger charge is -2.29. The van der Waals surface area contributed by atoms with Crippen molar-refractivity contribution >= 4 is 10.9 Å². The number of rotatable bonds is 0. The minimum absolute atomic E-state index is 0.383. The van der Waals surface area contributed by atoms with Gasteiger partial charge in [0.2, 0.25) is 0 Å². The Labute approximate surface area is 106 Å². The third kappa shape index (κ3) is 1.40. The summed E-state index contributed by atoms with van der Waals surface area (Å²) >= 11 is 0. The molecule has 1 fully saturated rings. The second-order valence-corrected chi connectivity index (χ2v) is 5.61. The zero-order valence-corrected chi connectivity index (χ0v) is 10.4. The SMILES string of the molecule is Oc1cccc2c3c([nH]c12)C1CCCN(CC3)C1. The molecular weight excluding hydrogens is 224 g/mol. The summed E-state index contributed by atoms with van der Waals surface area (Å²) in [4.78, 5) is 6.08. The molecule has 3 nitrogen and oxygen atoms in total. The zero-order chi connectivity index (χ0) is 12.1. The maximum atomic E-state index is 9.97. The monoisotopic (exact) mass is 242 g/mol. The van der Waals surface area contributed by atoms with Crippen molar-refractivity contribution in [2.45, 2.75) is 25.2 Å². The first-order valence-electron chi connectivity index (χ1n) is 6.88. The summed E-state index contributed by atoms with van der Waals surface area (Å²) in [5.74, 6) is 1.01. The molecule has 0 aliphatic carbocycles. The molecule has 2 bridgehead atoms. The Hall–Kier alpha value is -1.48. The topological polar surface area (TPSA) is 39.3 Å². The fraction of sp³-hybridized carbons (Fsp3) is 0.467. The lowest BCUT2D eigenvalue weighted by Crippen LogP contribution is -2.33. The van der Waals surface area contributed by atoms with E-state index in [1.54, 1.807) is 6.07 Å². The molecule has 4 rings (SSSR count). The Kier molecular flexibility index (Phi) is 2.18. The Morgan fingerprint density at radius 3 is 3.17 bits per heavy atom. The maximum Gasteiger partial charge on any atom is 0.139 e. The highest BCUT2D eigenvalue weighted by atomic mass is 16.3. The van der Waals surface area contributed by atoms with Crippen LogP contribution in [0, 0.1) is 0 Å². The van der Waals surface area contributed by atoms with E-state index in [1.165, 1.54) is 42.6 Å². The molecule has 0 spiro atoms. The summed E-state index contributed by atoms with van der Waals surface area (Å²) in [6, 6.07) is 5.85. The number of benzene rings is 1. The number of aromatic nitrogens is 1. The van der Waals surface area contributed by atoms with E-state index in [0.29, 0.717) is 11.7 Å². The van der Waals surface area contributed by atoms with E-state index in [-0.39, 0.29) is 0 Å². The second kappa shape index (κ2) is 3.75. The van der Waals surface area contributed by atoms with Crippen LogP contribution in [0.4, 0.5) is 0 Å². The first-order chi connectivity index (χ1) is 8.83. The van der Waals surface area contributed by atoms with Crippen LogP contribution in [-0.4, -0.2) is 34.6 Å². The standard InChI is InChI=1S/C15H18N2O/c18-13-5-1-4-11-12-6-8-17-7-2-3-10(9-17)14(12)16-15(11)13/h1,4-5,10,16,18H,2-3,6-9H2. The lowest BCUT2D eigenvalue weighted by molar-refractivity contribution is 0.217. The van der Waals surface area contributed by atoms with E-state index in [2.05, 4.69) is 16.0 Å². The van der Waals surface area contributed by atoms with Gasteiger partial charge in [-0.1, -0.05) is 12.1 Å². The van der Waals surface area contributed by atoms with Crippen molar-refractivity contribution < 1.29 is 5.11 Å². The normalized spacial score (nSPS) is 26.9. The molecule has 2 aliphatic rings. The minimum Gasteiger partial charge on any atom is -0.506 e. The van der Waals surface area contributed by atoms with Crippen molar-refractivity contribution in [3.8, 4) is 5.75 Å². The fourth-order valence-corrected chi connectivity index (χ4v) is 3.66. The first kappa shape index (κ1) is 10.4. The number of nitrogens with one attached hydrogen (secondary N) is 1. The quantitative estimate of drug-likeness (QED) is 0.745. The molecule has 2 unspecified atom stereocenters. The van der Waals surface area contributed by atoms with E-state index in [0.717, 1.165) is 18.5 Å². The van der Waals surface area contributed by atoms with Crippen molar-refractivity contribution in [2.75, 3.05) is 19.6 Å². The summed E-state index contributed by atoms with van der Waals surface area (Å²) < 4.78 is 0. The summed E-state index contributed by atoms with van der Waals surface area (Å²) in [7, 11) is 0. The van der Waals surface area contributed by atoms with Crippen molar-refractivity contribution in [1.82, 2.24) is 9.88 Å². The van der Waals surface area contributed by atoms with Crippen molar-refractivity contribution in [1.29, 1.82) is 0 Å². The van der Waals surface area contributed by atoms with Crippen molar-refractivity contribution in [3.05, 3.63) is 29.5 Å². The lowest BCUT2D eigenvalue weighted by atomic mass is 9.93. The first-order valence-corrected chi connectivity index (χ1v) is 6.88. The largest absolute Gasteiger partial charge is 0.506 e. The number of para-hydroxylation sites is 1. The number of aromatic amines is 1. The number of piperidine rings is 1. The van der Waals surface area contributed by atoms with Crippen molar-refractivity contribution in [2.24, 2.45) is 0 Å². The van der Waals surface area contributed by atoms with Gasteiger partial charge in [-0.25, -0.2) is 0 Å². The second-order valence-electron chi connectivity index (χ2n) is 5.61. The molecule has 2 N–H and O–H groups in total. The van der Waals surface area contributed by atoms with E-state index < -0.39 is 0 Å².